The fourth-order valence-electron chi connectivity index (χ4n) is 2.85. The quantitative estimate of drug-likeness (QED) is 0.498. The monoisotopic (exact) mass is 232 g/mol. The fourth-order valence-corrected chi connectivity index (χ4v) is 2.85. The second-order valence-corrected chi connectivity index (χ2v) is 5.09. The first-order valence-corrected chi connectivity index (χ1v) is 7.38. The van der Waals surface area contributed by atoms with Gasteiger partial charge in [-0.2, -0.15) is 0 Å². The van der Waals surface area contributed by atoms with Crippen LogP contribution in [0, 0.1) is 5.92 Å². The average molecular weight is 232 g/mol. The molecule has 0 N–H and O–H groups in total. The molecule has 1 unspecified atom stereocenters. The summed E-state index contributed by atoms with van der Waals surface area (Å²) in [5, 5.41) is 0. The molecule has 0 aromatic heterocycles. The molecule has 0 heterocycles. The van der Waals surface area contributed by atoms with Crippen LogP contribution in [0.3, 0.4) is 0 Å². The normalized spacial score (nSPS) is 12.9. The zero-order valence-electron chi connectivity index (χ0n) is 11.8. The average Bonchev–Trinajstić information content (AvgIpc) is 2.39. The van der Waals surface area contributed by atoms with Gasteiger partial charge in [0.05, 0.1) is 0 Å². The van der Waals surface area contributed by atoms with Crippen LogP contribution in [-0.2, 0) is 0 Å². The molecular weight excluding hydrogens is 204 g/mol. The van der Waals surface area contributed by atoms with Gasteiger partial charge in [-0.3, -0.25) is 0 Å². The predicted octanol–water partition coefficient (Wildman–Crippen LogP) is 5.79. The fraction of sp³-hybridized carbons (Fsp3) is 0.647. The third kappa shape index (κ3) is 4.53. The first-order valence-electron chi connectivity index (χ1n) is 7.38. The number of rotatable bonds is 8. The van der Waals surface area contributed by atoms with Crippen LogP contribution in [0.15, 0.2) is 30.3 Å². The smallest absolute Gasteiger partial charge is 0.0134 e. The Labute approximate surface area is 107 Å². The van der Waals surface area contributed by atoms with E-state index in [0.29, 0.717) is 0 Å². The molecule has 1 aromatic rings. The SMILES string of the molecule is CCCCCC(c1ccccc1)C(CC)CC. The van der Waals surface area contributed by atoms with E-state index in [2.05, 4.69) is 51.1 Å². The molecule has 0 radical (unpaired) electrons. The minimum Gasteiger partial charge on any atom is -0.0654 e. The van der Waals surface area contributed by atoms with Crippen LogP contribution in [0.5, 0.6) is 0 Å². The van der Waals surface area contributed by atoms with Gasteiger partial charge < -0.3 is 0 Å². The summed E-state index contributed by atoms with van der Waals surface area (Å²) in [6.45, 7) is 6.96. The standard InChI is InChI=1S/C17H28/c1-4-7-9-14-17(15(5-2)6-3)16-12-10-8-11-13-16/h8,10-13,15,17H,4-7,9,14H2,1-3H3. The highest BCUT2D eigenvalue weighted by molar-refractivity contribution is 5.20. The number of hydrogen-bond acceptors (Lipinski definition) is 0. The molecule has 1 atom stereocenters. The van der Waals surface area contributed by atoms with Crippen LogP contribution in [-0.4, -0.2) is 0 Å². The van der Waals surface area contributed by atoms with Gasteiger partial charge in [-0.25, -0.2) is 0 Å². The molecular formula is C17H28. The number of benzene rings is 1. The Hall–Kier alpha value is -0.780. The van der Waals surface area contributed by atoms with E-state index in [9.17, 15) is 0 Å². The Morgan fingerprint density at radius 2 is 1.53 bits per heavy atom. The molecule has 0 heteroatoms. The van der Waals surface area contributed by atoms with E-state index in [1.807, 2.05) is 0 Å². The number of unbranched alkanes of at least 4 members (excludes halogenated alkanes) is 2. The van der Waals surface area contributed by atoms with Crippen molar-refractivity contribution in [2.24, 2.45) is 5.92 Å². The van der Waals surface area contributed by atoms with Crippen molar-refractivity contribution in [3.05, 3.63) is 35.9 Å². The Kier molecular flexibility index (Phi) is 7.00. The van der Waals surface area contributed by atoms with E-state index in [1.165, 1.54) is 38.5 Å². The van der Waals surface area contributed by atoms with Crippen molar-refractivity contribution in [1.29, 1.82) is 0 Å². The molecule has 0 nitrogen and oxygen atoms in total. The van der Waals surface area contributed by atoms with Gasteiger partial charge in [0.25, 0.3) is 0 Å². The minimum atomic E-state index is 0.776. The molecule has 17 heavy (non-hydrogen) atoms. The highest BCUT2D eigenvalue weighted by atomic mass is 14.2. The molecule has 0 aliphatic carbocycles. The van der Waals surface area contributed by atoms with E-state index in [-0.39, 0.29) is 0 Å². The van der Waals surface area contributed by atoms with Crippen molar-refractivity contribution in [2.45, 2.75) is 65.2 Å². The Morgan fingerprint density at radius 1 is 0.882 bits per heavy atom. The van der Waals surface area contributed by atoms with Crippen LogP contribution < -0.4 is 0 Å². The Morgan fingerprint density at radius 3 is 2.06 bits per heavy atom. The lowest BCUT2D eigenvalue weighted by Gasteiger charge is -2.26. The summed E-state index contributed by atoms with van der Waals surface area (Å²) in [4.78, 5) is 0. The first-order chi connectivity index (χ1) is 8.33. The van der Waals surface area contributed by atoms with E-state index < -0.39 is 0 Å². The van der Waals surface area contributed by atoms with Crippen LogP contribution >= 0.6 is 0 Å². The van der Waals surface area contributed by atoms with Gasteiger partial charge in [-0.05, 0) is 23.8 Å². The molecule has 0 aliphatic heterocycles. The maximum absolute atomic E-state index is 2.34. The van der Waals surface area contributed by atoms with Gasteiger partial charge in [-0.15, -0.1) is 0 Å². The Balaban J connectivity index is 2.71. The largest absolute Gasteiger partial charge is 0.0654 e. The second-order valence-electron chi connectivity index (χ2n) is 5.09. The zero-order valence-corrected chi connectivity index (χ0v) is 11.8. The van der Waals surface area contributed by atoms with E-state index in [0.717, 1.165) is 11.8 Å². The van der Waals surface area contributed by atoms with Crippen LogP contribution in [0.2, 0.25) is 0 Å². The van der Waals surface area contributed by atoms with E-state index in [4.69, 9.17) is 0 Å². The Bertz CT molecular complexity index is 271. The minimum absolute atomic E-state index is 0.776. The molecule has 0 spiro atoms. The molecule has 0 saturated heterocycles. The lowest BCUT2D eigenvalue weighted by molar-refractivity contribution is 0.368. The van der Waals surface area contributed by atoms with Gasteiger partial charge in [0.15, 0.2) is 0 Å². The molecule has 0 aliphatic rings. The second kappa shape index (κ2) is 8.33. The highest BCUT2D eigenvalue weighted by Gasteiger charge is 2.19. The first kappa shape index (κ1) is 14.3. The van der Waals surface area contributed by atoms with Crippen LogP contribution in [0.1, 0.15) is 70.8 Å². The van der Waals surface area contributed by atoms with Crippen molar-refractivity contribution < 1.29 is 0 Å². The molecule has 0 fully saturated rings. The maximum Gasteiger partial charge on any atom is -0.0134 e. The highest BCUT2D eigenvalue weighted by Crippen LogP contribution is 2.34. The third-order valence-corrected chi connectivity index (χ3v) is 3.96. The summed E-state index contributed by atoms with van der Waals surface area (Å²) in [5.74, 6) is 1.63. The topological polar surface area (TPSA) is 0 Å². The van der Waals surface area contributed by atoms with Gasteiger partial charge in [0.1, 0.15) is 0 Å². The van der Waals surface area contributed by atoms with Crippen molar-refractivity contribution in [3.8, 4) is 0 Å². The summed E-state index contributed by atoms with van der Waals surface area (Å²) in [7, 11) is 0. The van der Waals surface area contributed by atoms with E-state index >= 15 is 0 Å². The van der Waals surface area contributed by atoms with Gasteiger partial charge in [-0.1, -0.05) is 83.2 Å². The molecule has 0 bridgehead atoms. The molecule has 1 aromatic carbocycles. The van der Waals surface area contributed by atoms with Crippen molar-refractivity contribution in [3.63, 3.8) is 0 Å². The van der Waals surface area contributed by atoms with E-state index in [1.54, 1.807) is 5.56 Å². The lowest BCUT2D eigenvalue weighted by atomic mass is 9.79. The number of hydrogen-bond donors (Lipinski definition) is 0. The molecule has 96 valence electrons. The lowest BCUT2D eigenvalue weighted by Crippen LogP contribution is -2.11. The van der Waals surface area contributed by atoms with Crippen molar-refractivity contribution in [2.75, 3.05) is 0 Å². The van der Waals surface area contributed by atoms with Gasteiger partial charge in [0.2, 0.25) is 0 Å². The van der Waals surface area contributed by atoms with Crippen LogP contribution in [0.25, 0.3) is 0 Å². The van der Waals surface area contributed by atoms with Gasteiger partial charge in [0, 0.05) is 0 Å². The summed E-state index contributed by atoms with van der Waals surface area (Å²) in [6.07, 6.45) is 8.06. The van der Waals surface area contributed by atoms with Crippen molar-refractivity contribution >= 4 is 0 Å². The maximum atomic E-state index is 2.34. The summed E-state index contributed by atoms with van der Waals surface area (Å²) < 4.78 is 0. The predicted molar refractivity (Wildman–Crippen MR) is 77.4 cm³/mol. The zero-order chi connectivity index (χ0) is 12.5. The summed E-state index contributed by atoms with van der Waals surface area (Å²) in [5.41, 5.74) is 1.55. The third-order valence-electron chi connectivity index (χ3n) is 3.96. The van der Waals surface area contributed by atoms with Gasteiger partial charge >= 0.3 is 0 Å². The molecule has 0 saturated carbocycles. The summed E-state index contributed by atoms with van der Waals surface area (Å²) in [6, 6.07) is 11.1. The molecule has 1 rings (SSSR count). The summed E-state index contributed by atoms with van der Waals surface area (Å²) >= 11 is 0. The van der Waals surface area contributed by atoms with Crippen molar-refractivity contribution in [1.82, 2.24) is 0 Å². The molecule has 0 amide bonds. The van der Waals surface area contributed by atoms with Crippen LogP contribution in [0.4, 0.5) is 0 Å².